The fourth-order valence-electron chi connectivity index (χ4n) is 2.78. The number of carbonyl (C=O) groups excluding carboxylic acids is 1. The van der Waals surface area contributed by atoms with Crippen molar-refractivity contribution in [2.75, 3.05) is 19.9 Å². The molecular weight excluding hydrogens is 468 g/mol. The van der Waals surface area contributed by atoms with Gasteiger partial charge in [-0.3, -0.25) is 4.79 Å². The maximum absolute atomic E-state index is 12.6. The molecule has 4 rings (SSSR count). The second kappa shape index (κ2) is 9.67. The summed E-state index contributed by atoms with van der Waals surface area (Å²) in [4.78, 5) is 16.7. The first kappa shape index (κ1) is 21.0. The van der Waals surface area contributed by atoms with Gasteiger partial charge in [-0.15, -0.1) is 0 Å². The summed E-state index contributed by atoms with van der Waals surface area (Å²) in [7, 11) is 0. The molecule has 1 aliphatic heterocycles. The number of benzene rings is 2. The summed E-state index contributed by atoms with van der Waals surface area (Å²) in [6.45, 7) is 0.167. The molecule has 2 aromatic carbocycles. The van der Waals surface area contributed by atoms with Crippen molar-refractivity contribution in [1.29, 1.82) is 0 Å². The number of ether oxygens (including phenoxy) is 4. The van der Waals surface area contributed by atoms with Crippen LogP contribution >= 0.6 is 15.9 Å². The first-order valence-corrected chi connectivity index (χ1v) is 10.2. The average Bonchev–Trinajstić information content (AvgIpc) is 3.26. The van der Waals surface area contributed by atoms with Crippen LogP contribution in [0.5, 0.6) is 28.9 Å². The Kier molecular flexibility index (Phi) is 6.54. The third kappa shape index (κ3) is 5.44. The van der Waals surface area contributed by atoms with Gasteiger partial charge >= 0.3 is 0 Å². The molecule has 0 spiro atoms. The van der Waals surface area contributed by atoms with Gasteiger partial charge in [0, 0.05) is 23.3 Å². The maximum atomic E-state index is 12.6. The summed E-state index contributed by atoms with van der Waals surface area (Å²) < 4.78 is 22.7. The van der Waals surface area contributed by atoms with Crippen LogP contribution in [-0.2, 0) is 0 Å². The predicted octanol–water partition coefficient (Wildman–Crippen LogP) is 3.53. The van der Waals surface area contributed by atoms with Gasteiger partial charge in [0.1, 0.15) is 29.8 Å². The van der Waals surface area contributed by atoms with Crippen molar-refractivity contribution in [1.82, 2.24) is 10.3 Å². The molecule has 1 amide bonds. The molecule has 0 aliphatic carbocycles. The number of aliphatic hydroxyl groups is 1. The fraction of sp³-hybridized carbons (Fsp3) is 0.182. The van der Waals surface area contributed by atoms with E-state index in [1.54, 1.807) is 48.7 Å². The lowest BCUT2D eigenvalue weighted by Crippen LogP contribution is -2.35. The largest absolute Gasteiger partial charge is 0.491 e. The number of nitrogens with zero attached hydrogens (tertiary/aromatic N) is 1. The number of aliphatic hydroxyl groups excluding tert-OH is 1. The zero-order valence-electron chi connectivity index (χ0n) is 16.3. The molecule has 0 saturated heterocycles. The minimum absolute atomic E-state index is 0.00397. The molecule has 8 nitrogen and oxygen atoms in total. The Morgan fingerprint density at radius 3 is 2.74 bits per heavy atom. The van der Waals surface area contributed by atoms with Gasteiger partial charge in [-0.25, -0.2) is 4.98 Å². The van der Waals surface area contributed by atoms with E-state index in [0.29, 0.717) is 23.0 Å². The summed E-state index contributed by atoms with van der Waals surface area (Å²) in [5.41, 5.74) is 0.259. The Morgan fingerprint density at radius 1 is 1.13 bits per heavy atom. The van der Waals surface area contributed by atoms with Gasteiger partial charge < -0.3 is 29.4 Å². The van der Waals surface area contributed by atoms with E-state index in [1.807, 2.05) is 12.1 Å². The van der Waals surface area contributed by atoms with E-state index in [0.717, 1.165) is 4.47 Å². The van der Waals surface area contributed by atoms with Crippen LogP contribution in [0.2, 0.25) is 0 Å². The first-order chi connectivity index (χ1) is 15.1. The standard InChI is InChI=1S/C22H19BrN2O6/c23-14-3-5-16(6-4-14)31-22-18(2-1-9-24-22)21(27)25-11-15(26)12-28-17-7-8-19-20(10-17)30-13-29-19/h1-10,15,26H,11-13H2,(H,25,27). The maximum Gasteiger partial charge on any atom is 0.256 e. The van der Waals surface area contributed by atoms with Crippen molar-refractivity contribution in [2.24, 2.45) is 0 Å². The van der Waals surface area contributed by atoms with Crippen LogP contribution < -0.4 is 24.3 Å². The molecule has 3 aromatic rings. The Hall–Kier alpha value is -3.30. The molecular formula is C22H19BrN2O6. The number of carbonyl (C=O) groups is 1. The van der Waals surface area contributed by atoms with Crippen LogP contribution in [0.25, 0.3) is 0 Å². The highest BCUT2D eigenvalue weighted by atomic mass is 79.9. The molecule has 0 bridgehead atoms. The molecule has 1 aliphatic rings. The second-order valence-corrected chi connectivity index (χ2v) is 7.52. The number of fused-ring (bicyclic) bond motifs is 1. The van der Waals surface area contributed by atoms with Crippen LogP contribution in [0.4, 0.5) is 0 Å². The van der Waals surface area contributed by atoms with Crippen molar-refractivity contribution in [3.05, 3.63) is 70.8 Å². The normalized spacial score (nSPS) is 12.8. The number of rotatable bonds is 8. The summed E-state index contributed by atoms with van der Waals surface area (Å²) in [5.74, 6) is 2.09. The monoisotopic (exact) mass is 486 g/mol. The fourth-order valence-corrected chi connectivity index (χ4v) is 3.05. The highest BCUT2D eigenvalue weighted by Gasteiger charge is 2.17. The molecule has 31 heavy (non-hydrogen) atoms. The number of hydrogen-bond acceptors (Lipinski definition) is 7. The lowest BCUT2D eigenvalue weighted by molar-refractivity contribution is 0.0841. The van der Waals surface area contributed by atoms with Gasteiger partial charge in [-0.1, -0.05) is 15.9 Å². The molecule has 1 unspecified atom stereocenters. The van der Waals surface area contributed by atoms with Crippen molar-refractivity contribution in [2.45, 2.75) is 6.10 Å². The van der Waals surface area contributed by atoms with Gasteiger partial charge in [0.2, 0.25) is 12.7 Å². The van der Waals surface area contributed by atoms with E-state index in [2.05, 4.69) is 26.2 Å². The molecule has 1 aromatic heterocycles. The van der Waals surface area contributed by atoms with Crippen LogP contribution in [-0.4, -0.2) is 42.0 Å². The van der Waals surface area contributed by atoms with Gasteiger partial charge in [-0.2, -0.15) is 0 Å². The average molecular weight is 487 g/mol. The lowest BCUT2D eigenvalue weighted by atomic mass is 10.2. The molecule has 2 heterocycles. The zero-order valence-corrected chi connectivity index (χ0v) is 17.9. The molecule has 9 heteroatoms. The molecule has 160 valence electrons. The van der Waals surface area contributed by atoms with E-state index < -0.39 is 12.0 Å². The molecule has 0 saturated carbocycles. The first-order valence-electron chi connectivity index (χ1n) is 9.45. The highest BCUT2D eigenvalue weighted by Crippen LogP contribution is 2.35. The summed E-state index contributed by atoms with van der Waals surface area (Å²) >= 11 is 3.36. The van der Waals surface area contributed by atoms with Crippen LogP contribution in [0.1, 0.15) is 10.4 Å². The summed E-state index contributed by atoms with van der Waals surface area (Å²) in [6.07, 6.45) is 0.626. The van der Waals surface area contributed by atoms with Gasteiger partial charge in [0.25, 0.3) is 5.91 Å². The van der Waals surface area contributed by atoms with Crippen LogP contribution in [0.15, 0.2) is 65.3 Å². The summed E-state index contributed by atoms with van der Waals surface area (Å²) in [6, 6.07) is 15.6. The van der Waals surface area contributed by atoms with E-state index in [-0.39, 0.29) is 31.4 Å². The van der Waals surface area contributed by atoms with E-state index >= 15 is 0 Å². The Labute approximate surface area is 186 Å². The topological polar surface area (TPSA) is 99.1 Å². The van der Waals surface area contributed by atoms with Crippen molar-refractivity contribution in [3.63, 3.8) is 0 Å². The smallest absolute Gasteiger partial charge is 0.256 e. The molecule has 1 atom stereocenters. The third-order valence-electron chi connectivity index (χ3n) is 4.33. The van der Waals surface area contributed by atoms with Crippen molar-refractivity contribution < 1.29 is 28.8 Å². The minimum Gasteiger partial charge on any atom is -0.491 e. The Morgan fingerprint density at radius 2 is 1.90 bits per heavy atom. The number of hydrogen-bond donors (Lipinski definition) is 2. The third-order valence-corrected chi connectivity index (χ3v) is 4.86. The Bertz CT molecular complexity index is 1060. The summed E-state index contributed by atoms with van der Waals surface area (Å²) in [5, 5.41) is 12.9. The quantitative estimate of drug-likeness (QED) is 0.502. The SMILES string of the molecule is O=C(NCC(O)COc1ccc2c(c1)OCO2)c1cccnc1Oc1ccc(Br)cc1. The highest BCUT2D eigenvalue weighted by molar-refractivity contribution is 9.10. The van der Waals surface area contributed by atoms with Crippen molar-refractivity contribution in [3.8, 4) is 28.9 Å². The number of pyridine rings is 1. The lowest BCUT2D eigenvalue weighted by Gasteiger charge is -2.14. The minimum atomic E-state index is -0.915. The number of nitrogens with one attached hydrogen (secondary N) is 1. The Balaban J connectivity index is 1.30. The van der Waals surface area contributed by atoms with E-state index in [4.69, 9.17) is 18.9 Å². The van der Waals surface area contributed by atoms with E-state index in [9.17, 15) is 9.90 Å². The van der Waals surface area contributed by atoms with Gasteiger partial charge in [-0.05, 0) is 48.5 Å². The predicted molar refractivity (Wildman–Crippen MR) is 115 cm³/mol. The second-order valence-electron chi connectivity index (χ2n) is 6.60. The zero-order chi connectivity index (χ0) is 21.6. The molecule has 0 fully saturated rings. The molecule has 0 radical (unpaired) electrons. The van der Waals surface area contributed by atoms with Crippen LogP contribution in [0.3, 0.4) is 0 Å². The van der Waals surface area contributed by atoms with Crippen molar-refractivity contribution >= 4 is 21.8 Å². The number of amides is 1. The molecule has 2 N–H and O–H groups in total. The van der Waals surface area contributed by atoms with E-state index in [1.165, 1.54) is 0 Å². The van der Waals surface area contributed by atoms with Gasteiger partial charge in [0.15, 0.2) is 11.5 Å². The van der Waals surface area contributed by atoms with Crippen LogP contribution in [0, 0.1) is 0 Å². The number of halogens is 1. The number of aromatic nitrogens is 1. The van der Waals surface area contributed by atoms with Gasteiger partial charge in [0.05, 0.1) is 0 Å².